The molecule has 3 rings (SSSR count). The van der Waals surface area contributed by atoms with E-state index >= 15 is 0 Å². The maximum atomic E-state index is 11.1. The molecule has 1 aromatic heterocycles. The number of rotatable bonds is 4. The third-order valence-electron chi connectivity index (χ3n) is 3.21. The van der Waals surface area contributed by atoms with E-state index in [0.29, 0.717) is 0 Å². The monoisotopic (exact) mass is 286 g/mol. The summed E-state index contributed by atoms with van der Waals surface area (Å²) < 4.78 is 1.27. The fourth-order valence-electron chi connectivity index (χ4n) is 2.25. The van der Waals surface area contributed by atoms with Gasteiger partial charge in [-0.2, -0.15) is 0 Å². The van der Waals surface area contributed by atoms with Crippen molar-refractivity contribution in [3.63, 3.8) is 0 Å². The fourth-order valence-corrected chi connectivity index (χ4v) is 4.66. The molecule has 0 radical (unpaired) electrons. The first-order chi connectivity index (χ1) is 9.38. The minimum absolute atomic E-state index is 0.912. The number of fused-ring (bicyclic) bond motifs is 1. The summed E-state index contributed by atoms with van der Waals surface area (Å²) in [6.07, 6.45) is 7.44. The van der Waals surface area contributed by atoms with E-state index in [-0.39, 0.29) is 0 Å². The number of carbonyl (C=O) groups excluding carboxylic acids is 1. The van der Waals surface area contributed by atoms with Crippen molar-refractivity contribution in [2.24, 2.45) is 0 Å². The van der Waals surface area contributed by atoms with E-state index < -0.39 is 0 Å². The average Bonchev–Trinajstić information content (AvgIpc) is 2.84. The fraction of sp³-hybridized carbons (Fsp3) is 0.188. The summed E-state index contributed by atoms with van der Waals surface area (Å²) in [5.74, 6) is 0.958. The number of carbonyl (C=O) groups is 1. The van der Waals surface area contributed by atoms with Crippen LogP contribution in [0.1, 0.15) is 32.8 Å². The van der Waals surface area contributed by atoms with Crippen LogP contribution < -0.4 is 0 Å². The number of aldehydes is 1. The first kappa shape index (κ1) is 12.7. The van der Waals surface area contributed by atoms with Crippen molar-refractivity contribution >= 4 is 35.5 Å². The topological polar surface area (TPSA) is 17.1 Å². The Morgan fingerprint density at radius 3 is 2.89 bits per heavy atom. The van der Waals surface area contributed by atoms with Crippen LogP contribution in [0.25, 0.3) is 6.08 Å². The van der Waals surface area contributed by atoms with Crippen LogP contribution in [-0.4, -0.2) is 6.29 Å². The van der Waals surface area contributed by atoms with Crippen molar-refractivity contribution in [2.45, 2.75) is 22.8 Å². The molecule has 0 fully saturated rings. The molecule has 1 aromatic carbocycles. The van der Waals surface area contributed by atoms with E-state index in [9.17, 15) is 4.79 Å². The second-order valence-corrected chi connectivity index (χ2v) is 6.78. The SMILES string of the molecule is O=Cc1sc(SCc2ccccc2)c2c1CCC=C2. The molecule has 0 atom stereocenters. The molecule has 96 valence electrons. The number of thioether (sulfide) groups is 1. The number of hydrogen-bond donors (Lipinski definition) is 0. The molecule has 0 bridgehead atoms. The Kier molecular flexibility index (Phi) is 3.85. The molecule has 2 aromatic rings. The van der Waals surface area contributed by atoms with Crippen LogP contribution in [0.15, 0.2) is 40.6 Å². The molecule has 1 nitrogen and oxygen atoms in total. The summed E-state index contributed by atoms with van der Waals surface area (Å²) in [7, 11) is 0. The summed E-state index contributed by atoms with van der Waals surface area (Å²) in [5, 5.41) is 0. The highest BCUT2D eigenvalue weighted by Crippen LogP contribution is 2.40. The van der Waals surface area contributed by atoms with Gasteiger partial charge in [0.1, 0.15) is 0 Å². The van der Waals surface area contributed by atoms with E-state index in [0.717, 1.165) is 29.8 Å². The molecule has 1 aliphatic rings. The summed E-state index contributed by atoms with van der Waals surface area (Å²) in [6.45, 7) is 0. The third kappa shape index (κ3) is 2.67. The highest BCUT2D eigenvalue weighted by Gasteiger charge is 2.17. The quantitative estimate of drug-likeness (QED) is 0.592. The van der Waals surface area contributed by atoms with Gasteiger partial charge in [-0.15, -0.1) is 23.1 Å². The summed E-state index contributed by atoms with van der Waals surface area (Å²) in [6, 6.07) is 10.5. The van der Waals surface area contributed by atoms with Gasteiger partial charge in [0.15, 0.2) is 6.29 Å². The van der Waals surface area contributed by atoms with Crippen molar-refractivity contribution in [1.82, 2.24) is 0 Å². The van der Waals surface area contributed by atoms with E-state index in [1.54, 1.807) is 11.3 Å². The minimum atomic E-state index is 0.912. The molecular weight excluding hydrogens is 272 g/mol. The van der Waals surface area contributed by atoms with Gasteiger partial charge >= 0.3 is 0 Å². The minimum Gasteiger partial charge on any atom is -0.297 e. The molecule has 0 unspecified atom stereocenters. The Labute approximate surface area is 121 Å². The molecule has 0 saturated carbocycles. The first-order valence-corrected chi connectivity index (χ1v) is 8.13. The Morgan fingerprint density at radius 1 is 1.26 bits per heavy atom. The van der Waals surface area contributed by atoms with Gasteiger partial charge in [-0.3, -0.25) is 4.79 Å². The van der Waals surface area contributed by atoms with Crippen molar-refractivity contribution in [3.05, 3.63) is 58.0 Å². The average molecular weight is 286 g/mol. The molecule has 1 aliphatic carbocycles. The smallest absolute Gasteiger partial charge is 0.160 e. The largest absolute Gasteiger partial charge is 0.297 e. The second kappa shape index (κ2) is 5.76. The van der Waals surface area contributed by atoms with Crippen molar-refractivity contribution in [1.29, 1.82) is 0 Å². The zero-order valence-corrected chi connectivity index (χ0v) is 12.1. The summed E-state index contributed by atoms with van der Waals surface area (Å²) in [4.78, 5) is 12.1. The van der Waals surface area contributed by atoms with Gasteiger partial charge in [0, 0.05) is 11.3 Å². The van der Waals surface area contributed by atoms with Crippen molar-refractivity contribution < 1.29 is 4.79 Å². The highest BCUT2D eigenvalue weighted by atomic mass is 32.2. The molecule has 0 aliphatic heterocycles. The van der Waals surface area contributed by atoms with Crippen LogP contribution in [0.2, 0.25) is 0 Å². The van der Waals surface area contributed by atoms with Crippen LogP contribution in [-0.2, 0) is 12.2 Å². The van der Waals surface area contributed by atoms with Gasteiger partial charge in [0.25, 0.3) is 0 Å². The molecule has 1 heterocycles. The van der Waals surface area contributed by atoms with E-state index in [1.807, 2.05) is 17.8 Å². The number of hydrogen-bond acceptors (Lipinski definition) is 3. The van der Waals surface area contributed by atoms with Gasteiger partial charge in [-0.25, -0.2) is 0 Å². The number of benzene rings is 1. The van der Waals surface area contributed by atoms with Gasteiger partial charge in [0.2, 0.25) is 0 Å². The molecular formula is C16H14OS2. The molecule has 0 amide bonds. The Bertz CT molecular complexity index is 611. The van der Waals surface area contributed by atoms with E-state index in [1.165, 1.54) is 20.9 Å². The van der Waals surface area contributed by atoms with Crippen LogP contribution in [0.5, 0.6) is 0 Å². The maximum absolute atomic E-state index is 11.1. The lowest BCUT2D eigenvalue weighted by Gasteiger charge is -2.07. The molecule has 0 spiro atoms. The Hall–Kier alpha value is -1.32. The van der Waals surface area contributed by atoms with Gasteiger partial charge < -0.3 is 0 Å². The van der Waals surface area contributed by atoms with Crippen LogP contribution in [0, 0.1) is 0 Å². The number of allylic oxidation sites excluding steroid dienone is 1. The zero-order valence-electron chi connectivity index (χ0n) is 10.5. The van der Waals surface area contributed by atoms with Crippen molar-refractivity contribution in [3.8, 4) is 0 Å². The molecule has 0 N–H and O–H groups in total. The lowest BCUT2D eigenvalue weighted by Crippen LogP contribution is -1.93. The Morgan fingerprint density at radius 2 is 2.11 bits per heavy atom. The first-order valence-electron chi connectivity index (χ1n) is 6.32. The molecule has 3 heteroatoms. The zero-order chi connectivity index (χ0) is 13.1. The van der Waals surface area contributed by atoms with Crippen molar-refractivity contribution in [2.75, 3.05) is 0 Å². The lowest BCUT2D eigenvalue weighted by atomic mass is 10.0. The third-order valence-corrected chi connectivity index (χ3v) is 5.74. The van der Waals surface area contributed by atoms with E-state index in [2.05, 4.69) is 36.4 Å². The molecule has 0 saturated heterocycles. The highest BCUT2D eigenvalue weighted by molar-refractivity contribution is 8.00. The Balaban J connectivity index is 1.84. The van der Waals surface area contributed by atoms with E-state index in [4.69, 9.17) is 0 Å². The molecule has 19 heavy (non-hydrogen) atoms. The maximum Gasteiger partial charge on any atom is 0.160 e. The summed E-state index contributed by atoms with van der Waals surface area (Å²) >= 11 is 3.47. The number of thiophene rings is 1. The predicted molar refractivity (Wildman–Crippen MR) is 83.1 cm³/mol. The standard InChI is InChI=1S/C16H14OS2/c17-10-15-13-8-4-5-9-14(13)16(19-15)18-11-12-6-2-1-3-7-12/h1-3,5-7,9-10H,4,8,11H2. The van der Waals surface area contributed by atoms with Gasteiger partial charge in [-0.05, 0) is 24.0 Å². The lowest BCUT2D eigenvalue weighted by molar-refractivity contribution is 0.112. The summed E-state index contributed by atoms with van der Waals surface area (Å²) in [5.41, 5.74) is 3.85. The second-order valence-electron chi connectivity index (χ2n) is 4.48. The normalized spacial score (nSPS) is 13.3. The van der Waals surface area contributed by atoms with Gasteiger partial charge in [0.05, 0.1) is 9.09 Å². The van der Waals surface area contributed by atoms with Gasteiger partial charge in [-0.1, -0.05) is 42.5 Å². The van der Waals surface area contributed by atoms with Crippen LogP contribution in [0.3, 0.4) is 0 Å². The van der Waals surface area contributed by atoms with Crippen LogP contribution in [0.4, 0.5) is 0 Å². The predicted octanol–water partition coefficient (Wildman–Crippen LogP) is 4.81. The van der Waals surface area contributed by atoms with Crippen LogP contribution >= 0.6 is 23.1 Å².